The van der Waals surface area contributed by atoms with E-state index in [1.165, 1.54) is 12.3 Å². The Balaban J connectivity index is 1.60. The summed E-state index contributed by atoms with van der Waals surface area (Å²) in [5.41, 5.74) is 2.35. The Morgan fingerprint density at radius 1 is 1.26 bits per heavy atom. The Morgan fingerprint density at radius 2 is 2.04 bits per heavy atom. The number of hydrogen-bond donors (Lipinski definition) is 1. The molecule has 0 saturated carbocycles. The molecule has 0 spiro atoms. The summed E-state index contributed by atoms with van der Waals surface area (Å²) in [7, 11) is 0. The van der Waals surface area contributed by atoms with E-state index in [0.29, 0.717) is 18.5 Å². The molecule has 1 aromatic carbocycles. The highest BCUT2D eigenvalue weighted by Gasteiger charge is 2.21. The molecule has 1 aromatic heterocycles. The number of nitrogens with one attached hydrogen (secondary N) is 1. The van der Waals surface area contributed by atoms with Crippen LogP contribution < -0.4 is 10.2 Å². The summed E-state index contributed by atoms with van der Waals surface area (Å²) < 4.78 is 0. The third-order valence-corrected chi connectivity index (χ3v) is 3.97. The summed E-state index contributed by atoms with van der Waals surface area (Å²) in [5.74, 6) is -0.0336. The first-order valence-electron chi connectivity index (χ1n) is 7.42. The molecule has 3 rings (SSSR count). The summed E-state index contributed by atoms with van der Waals surface area (Å²) in [6.45, 7) is 1.19. The molecule has 0 unspecified atom stereocenters. The van der Waals surface area contributed by atoms with E-state index in [1.54, 1.807) is 11.0 Å². The van der Waals surface area contributed by atoms with Crippen molar-refractivity contribution >= 4 is 29.1 Å². The lowest BCUT2D eigenvalue weighted by molar-refractivity contribution is -0.117. The molecule has 1 aliphatic rings. The highest BCUT2D eigenvalue weighted by Crippen LogP contribution is 2.21. The van der Waals surface area contributed by atoms with Gasteiger partial charge in [0.1, 0.15) is 5.15 Å². The number of hydrogen-bond acceptors (Lipinski definition) is 3. The van der Waals surface area contributed by atoms with Gasteiger partial charge in [-0.05, 0) is 36.2 Å². The molecule has 1 N–H and O–H groups in total. The molecule has 23 heavy (non-hydrogen) atoms. The number of aromatic nitrogens is 1. The van der Waals surface area contributed by atoms with Gasteiger partial charge in [0, 0.05) is 37.0 Å². The third-order valence-electron chi connectivity index (χ3n) is 3.76. The summed E-state index contributed by atoms with van der Waals surface area (Å²) in [6, 6.07) is 10.8. The van der Waals surface area contributed by atoms with Gasteiger partial charge < -0.3 is 10.2 Å². The zero-order chi connectivity index (χ0) is 16.2. The zero-order valence-corrected chi connectivity index (χ0v) is 13.2. The Bertz CT molecular complexity index is 731. The van der Waals surface area contributed by atoms with Crippen LogP contribution in [0.4, 0.5) is 5.69 Å². The quantitative estimate of drug-likeness (QED) is 0.877. The van der Waals surface area contributed by atoms with Crippen LogP contribution in [0.3, 0.4) is 0 Å². The second-order valence-electron chi connectivity index (χ2n) is 5.37. The van der Waals surface area contributed by atoms with Gasteiger partial charge in [0.05, 0.1) is 0 Å². The average Bonchev–Trinajstić information content (AvgIpc) is 2.99. The van der Waals surface area contributed by atoms with Gasteiger partial charge in [-0.2, -0.15) is 0 Å². The van der Waals surface area contributed by atoms with Crippen LogP contribution in [0, 0.1) is 0 Å². The number of benzene rings is 1. The minimum Gasteiger partial charge on any atom is -0.348 e. The van der Waals surface area contributed by atoms with Gasteiger partial charge in [0.25, 0.3) is 5.91 Å². The molecule has 2 aromatic rings. The minimum absolute atomic E-state index is 0.167. The fourth-order valence-electron chi connectivity index (χ4n) is 2.54. The van der Waals surface area contributed by atoms with E-state index in [9.17, 15) is 9.59 Å². The number of carbonyl (C=O) groups excluding carboxylic acids is 2. The predicted octanol–water partition coefficient (Wildman–Crippen LogP) is 2.79. The Labute approximate surface area is 139 Å². The molecule has 6 heteroatoms. The van der Waals surface area contributed by atoms with Crippen LogP contribution in [0.25, 0.3) is 0 Å². The van der Waals surface area contributed by atoms with Crippen molar-refractivity contribution < 1.29 is 9.59 Å². The van der Waals surface area contributed by atoms with E-state index < -0.39 is 0 Å². The summed E-state index contributed by atoms with van der Waals surface area (Å²) in [6.07, 6.45) is 3.02. The first-order valence-corrected chi connectivity index (χ1v) is 7.80. The number of anilines is 1. The lowest BCUT2D eigenvalue weighted by Crippen LogP contribution is -2.24. The van der Waals surface area contributed by atoms with Crippen LogP contribution in [-0.4, -0.2) is 23.3 Å². The highest BCUT2D eigenvalue weighted by molar-refractivity contribution is 6.29. The number of pyridine rings is 1. The van der Waals surface area contributed by atoms with Crippen molar-refractivity contribution in [2.24, 2.45) is 0 Å². The second kappa shape index (κ2) is 6.79. The monoisotopic (exact) mass is 329 g/mol. The number of rotatable bonds is 4. The summed E-state index contributed by atoms with van der Waals surface area (Å²) >= 11 is 5.77. The van der Waals surface area contributed by atoms with Gasteiger partial charge >= 0.3 is 0 Å². The highest BCUT2D eigenvalue weighted by atomic mass is 35.5. The van der Waals surface area contributed by atoms with E-state index in [2.05, 4.69) is 10.3 Å². The number of amides is 2. The molecular formula is C17H16ClN3O2. The molecule has 118 valence electrons. The van der Waals surface area contributed by atoms with Crippen molar-refractivity contribution in [3.8, 4) is 0 Å². The molecule has 0 bridgehead atoms. The second-order valence-corrected chi connectivity index (χ2v) is 5.75. The largest absolute Gasteiger partial charge is 0.348 e. The van der Waals surface area contributed by atoms with Crippen molar-refractivity contribution in [3.05, 3.63) is 58.9 Å². The lowest BCUT2D eigenvalue weighted by Gasteiger charge is -2.16. The van der Waals surface area contributed by atoms with Crippen molar-refractivity contribution in [1.29, 1.82) is 0 Å². The van der Waals surface area contributed by atoms with E-state index in [-0.39, 0.29) is 17.0 Å². The molecule has 0 atom stereocenters. The number of nitrogens with zero attached hydrogens (tertiary/aromatic N) is 2. The van der Waals surface area contributed by atoms with Crippen LogP contribution in [0.2, 0.25) is 5.15 Å². The molecule has 2 amide bonds. The standard InChI is InChI=1S/C17H16ClN3O2/c18-15-10-13(7-8-19-15)17(23)20-11-12-3-5-14(6-4-12)21-9-1-2-16(21)22/h3-8,10H,1-2,9,11H2,(H,20,23). The Morgan fingerprint density at radius 3 is 2.70 bits per heavy atom. The van der Waals surface area contributed by atoms with Crippen LogP contribution in [-0.2, 0) is 11.3 Å². The van der Waals surface area contributed by atoms with E-state index in [4.69, 9.17) is 11.6 Å². The van der Waals surface area contributed by atoms with Gasteiger partial charge in [0.2, 0.25) is 5.91 Å². The molecule has 1 fully saturated rings. The molecule has 5 nitrogen and oxygen atoms in total. The van der Waals surface area contributed by atoms with Gasteiger partial charge in [-0.3, -0.25) is 9.59 Å². The normalized spacial score (nSPS) is 14.1. The van der Waals surface area contributed by atoms with Crippen LogP contribution >= 0.6 is 11.6 Å². The lowest BCUT2D eigenvalue weighted by atomic mass is 10.2. The van der Waals surface area contributed by atoms with Crippen LogP contribution in [0.15, 0.2) is 42.6 Å². The minimum atomic E-state index is -0.201. The van der Waals surface area contributed by atoms with Gasteiger partial charge in [-0.15, -0.1) is 0 Å². The predicted molar refractivity (Wildman–Crippen MR) is 88.4 cm³/mol. The van der Waals surface area contributed by atoms with Gasteiger partial charge in [-0.1, -0.05) is 23.7 Å². The van der Waals surface area contributed by atoms with Crippen molar-refractivity contribution in [3.63, 3.8) is 0 Å². The maximum atomic E-state index is 12.0. The van der Waals surface area contributed by atoms with Gasteiger partial charge in [-0.25, -0.2) is 4.98 Å². The molecule has 1 aliphatic heterocycles. The maximum Gasteiger partial charge on any atom is 0.251 e. The fraction of sp³-hybridized carbons (Fsp3) is 0.235. The topological polar surface area (TPSA) is 62.3 Å². The van der Waals surface area contributed by atoms with Crippen LogP contribution in [0.1, 0.15) is 28.8 Å². The van der Waals surface area contributed by atoms with E-state index >= 15 is 0 Å². The first-order chi connectivity index (χ1) is 11.1. The fourth-order valence-corrected chi connectivity index (χ4v) is 2.72. The number of halogens is 1. The van der Waals surface area contributed by atoms with Crippen LogP contribution in [0.5, 0.6) is 0 Å². The smallest absolute Gasteiger partial charge is 0.251 e. The Hall–Kier alpha value is -2.40. The van der Waals surface area contributed by atoms with E-state index in [0.717, 1.165) is 24.2 Å². The molecule has 0 radical (unpaired) electrons. The average molecular weight is 330 g/mol. The van der Waals surface area contributed by atoms with Gasteiger partial charge in [0.15, 0.2) is 0 Å². The van der Waals surface area contributed by atoms with E-state index in [1.807, 2.05) is 24.3 Å². The number of carbonyl (C=O) groups is 2. The Kier molecular flexibility index (Phi) is 4.57. The van der Waals surface area contributed by atoms with Crippen molar-refractivity contribution in [1.82, 2.24) is 10.3 Å². The molecular weight excluding hydrogens is 314 g/mol. The third kappa shape index (κ3) is 3.68. The van der Waals surface area contributed by atoms with Crippen molar-refractivity contribution in [2.45, 2.75) is 19.4 Å². The summed E-state index contributed by atoms with van der Waals surface area (Å²) in [4.78, 5) is 29.4. The first kappa shape index (κ1) is 15.5. The van der Waals surface area contributed by atoms with Crippen molar-refractivity contribution in [2.75, 3.05) is 11.4 Å². The zero-order valence-electron chi connectivity index (χ0n) is 12.5. The SMILES string of the molecule is O=C(NCc1ccc(N2CCCC2=O)cc1)c1ccnc(Cl)c1. The summed E-state index contributed by atoms with van der Waals surface area (Å²) in [5, 5.41) is 3.12. The molecule has 2 heterocycles. The molecule has 0 aliphatic carbocycles. The molecule has 1 saturated heterocycles. The maximum absolute atomic E-state index is 12.0.